The van der Waals surface area contributed by atoms with Crippen molar-refractivity contribution in [1.82, 2.24) is 4.98 Å². The molecule has 0 unspecified atom stereocenters. The van der Waals surface area contributed by atoms with Crippen molar-refractivity contribution < 1.29 is 4.74 Å². The summed E-state index contributed by atoms with van der Waals surface area (Å²) in [6, 6.07) is 13.8. The molecule has 0 radical (unpaired) electrons. The first-order chi connectivity index (χ1) is 7.29. The fraction of sp³-hybridized carbons (Fsp3) is 0.0833. The van der Waals surface area contributed by atoms with Gasteiger partial charge in [-0.05, 0) is 18.2 Å². The van der Waals surface area contributed by atoms with Gasteiger partial charge in [0.15, 0.2) is 0 Å². The van der Waals surface area contributed by atoms with Gasteiger partial charge < -0.3 is 4.74 Å². The van der Waals surface area contributed by atoms with Crippen molar-refractivity contribution in [1.29, 1.82) is 0 Å². The van der Waals surface area contributed by atoms with Gasteiger partial charge in [-0.1, -0.05) is 34.1 Å². The number of aromatic nitrogens is 1. The van der Waals surface area contributed by atoms with Crippen LogP contribution in [0.1, 0.15) is 0 Å². The van der Waals surface area contributed by atoms with E-state index in [1.165, 1.54) is 0 Å². The Morgan fingerprint density at radius 3 is 2.67 bits per heavy atom. The lowest BCUT2D eigenvalue weighted by Crippen LogP contribution is -1.89. The smallest absolute Gasteiger partial charge is 0.213 e. The Morgan fingerprint density at radius 2 is 1.93 bits per heavy atom. The van der Waals surface area contributed by atoms with E-state index in [2.05, 4.69) is 20.9 Å². The van der Waals surface area contributed by atoms with Crippen molar-refractivity contribution in [2.75, 3.05) is 7.11 Å². The molecule has 1 aromatic carbocycles. The Kier molecular flexibility index (Phi) is 3.02. The highest BCUT2D eigenvalue weighted by Crippen LogP contribution is 2.22. The molecule has 15 heavy (non-hydrogen) atoms. The Morgan fingerprint density at radius 1 is 1.13 bits per heavy atom. The van der Waals surface area contributed by atoms with Crippen LogP contribution in [0.4, 0.5) is 0 Å². The highest BCUT2D eigenvalue weighted by atomic mass is 79.9. The summed E-state index contributed by atoms with van der Waals surface area (Å²) in [5.41, 5.74) is 1.99. The van der Waals surface area contributed by atoms with Gasteiger partial charge in [0, 0.05) is 16.1 Å². The third kappa shape index (κ3) is 2.36. The molecule has 0 atom stereocenters. The molecule has 0 bridgehead atoms. The summed E-state index contributed by atoms with van der Waals surface area (Å²) in [5, 5.41) is 0. The van der Waals surface area contributed by atoms with Crippen molar-refractivity contribution in [3.05, 3.63) is 46.9 Å². The second-order valence-electron chi connectivity index (χ2n) is 3.08. The van der Waals surface area contributed by atoms with E-state index in [1.807, 2.05) is 42.5 Å². The number of pyridine rings is 1. The van der Waals surface area contributed by atoms with Crippen LogP contribution in [0.5, 0.6) is 5.88 Å². The van der Waals surface area contributed by atoms with E-state index in [4.69, 9.17) is 4.74 Å². The molecule has 0 spiro atoms. The highest BCUT2D eigenvalue weighted by Gasteiger charge is 2.00. The minimum atomic E-state index is 0.632. The molecule has 0 amide bonds. The average Bonchev–Trinajstić information content (AvgIpc) is 2.29. The Labute approximate surface area is 97.1 Å². The van der Waals surface area contributed by atoms with E-state index in [1.54, 1.807) is 7.11 Å². The van der Waals surface area contributed by atoms with E-state index in [0.29, 0.717) is 5.88 Å². The van der Waals surface area contributed by atoms with E-state index in [0.717, 1.165) is 15.7 Å². The maximum atomic E-state index is 5.08. The minimum absolute atomic E-state index is 0.632. The zero-order valence-corrected chi connectivity index (χ0v) is 9.86. The Balaban J connectivity index is 2.44. The molecule has 2 rings (SSSR count). The molecule has 0 fully saturated rings. The quantitative estimate of drug-likeness (QED) is 0.827. The summed E-state index contributed by atoms with van der Waals surface area (Å²) in [6.07, 6.45) is 0. The lowest BCUT2D eigenvalue weighted by Gasteiger charge is -2.03. The molecule has 0 saturated carbocycles. The van der Waals surface area contributed by atoms with Crippen LogP contribution in [0.2, 0.25) is 0 Å². The van der Waals surface area contributed by atoms with Gasteiger partial charge in [-0.15, -0.1) is 0 Å². The monoisotopic (exact) mass is 263 g/mol. The number of ether oxygens (including phenoxy) is 1. The van der Waals surface area contributed by atoms with Gasteiger partial charge in [-0.2, -0.15) is 0 Å². The third-order valence-electron chi connectivity index (χ3n) is 2.05. The Hall–Kier alpha value is -1.35. The van der Waals surface area contributed by atoms with Crippen LogP contribution in [-0.2, 0) is 0 Å². The van der Waals surface area contributed by atoms with Gasteiger partial charge in [-0.3, -0.25) is 0 Å². The second kappa shape index (κ2) is 4.45. The summed E-state index contributed by atoms with van der Waals surface area (Å²) in [5.74, 6) is 0.632. The van der Waals surface area contributed by atoms with Crippen molar-refractivity contribution >= 4 is 15.9 Å². The van der Waals surface area contributed by atoms with Gasteiger partial charge in [0.2, 0.25) is 5.88 Å². The number of benzene rings is 1. The molecule has 3 heteroatoms. The molecule has 76 valence electrons. The van der Waals surface area contributed by atoms with Crippen molar-refractivity contribution in [2.45, 2.75) is 0 Å². The van der Waals surface area contributed by atoms with Gasteiger partial charge in [0.25, 0.3) is 0 Å². The maximum absolute atomic E-state index is 5.08. The second-order valence-corrected chi connectivity index (χ2v) is 3.99. The van der Waals surface area contributed by atoms with Crippen LogP contribution in [-0.4, -0.2) is 12.1 Å². The van der Waals surface area contributed by atoms with Crippen molar-refractivity contribution in [3.8, 4) is 17.1 Å². The number of methoxy groups -OCH3 is 1. The molecule has 0 N–H and O–H groups in total. The normalized spacial score (nSPS) is 10.0. The molecule has 2 nitrogen and oxygen atoms in total. The lowest BCUT2D eigenvalue weighted by molar-refractivity contribution is 0.398. The molecule has 0 aliphatic heterocycles. The molecular formula is C12H10BrNO. The number of hydrogen-bond acceptors (Lipinski definition) is 2. The topological polar surface area (TPSA) is 22.1 Å². The molecule has 0 aliphatic rings. The Bertz CT molecular complexity index is 471. The fourth-order valence-corrected chi connectivity index (χ4v) is 1.74. The predicted molar refractivity (Wildman–Crippen MR) is 63.9 cm³/mol. The maximum Gasteiger partial charge on any atom is 0.213 e. The van der Waals surface area contributed by atoms with Gasteiger partial charge >= 0.3 is 0 Å². The van der Waals surface area contributed by atoms with Gasteiger partial charge in [0.05, 0.1) is 12.8 Å². The minimum Gasteiger partial charge on any atom is -0.481 e. The zero-order chi connectivity index (χ0) is 10.7. The number of halogens is 1. The largest absolute Gasteiger partial charge is 0.481 e. The van der Waals surface area contributed by atoms with E-state index < -0.39 is 0 Å². The molecular weight excluding hydrogens is 254 g/mol. The molecule has 1 heterocycles. The summed E-state index contributed by atoms with van der Waals surface area (Å²) < 4.78 is 6.13. The van der Waals surface area contributed by atoms with Crippen LogP contribution >= 0.6 is 15.9 Å². The predicted octanol–water partition coefficient (Wildman–Crippen LogP) is 3.52. The summed E-state index contributed by atoms with van der Waals surface area (Å²) >= 11 is 3.44. The van der Waals surface area contributed by atoms with Crippen LogP contribution in [0.25, 0.3) is 11.3 Å². The zero-order valence-electron chi connectivity index (χ0n) is 8.27. The number of rotatable bonds is 2. The molecule has 0 saturated heterocycles. The highest BCUT2D eigenvalue weighted by molar-refractivity contribution is 9.10. The van der Waals surface area contributed by atoms with Crippen LogP contribution in [0.3, 0.4) is 0 Å². The summed E-state index contributed by atoms with van der Waals surface area (Å²) in [4.78, 5) is 4.36. The number of hydrogen-bond donors (Lipinski definition) is 0. The summed E-state index contributed by atoms with van der Waals surface area (Å²) in [7, 11) is 1.62. The van der Waals surface area contributed by atoms with E-state index in [9.17, 15) is 0 Å². The lowest BCUT2D eigenvalue weighted by atomic mass is 10.1. The third-order valence-corrected chi connectivity index (χ3v) is 2.55. The summed E-state index contributed by atoms with van der Waals surface area (Å²) in [6.45, 7) is 0. The molecule has 2 aromatic rings. The van der Waals surface area contributed by atoms with Crippen molar-refractivity contribution in [3.63, 3.8) is 0 Å². The first kappa shape index (κ1) is 10.2. The van der Waals surface area contributed by atoms with E-state index in [-0.39, 0.29) is 0 Å². The first-order valence-electron chi connectivity index (χ1n) is 4.56. The van der Waals surface area contributed by atoms with E-state index >= 15 is 0 Å². The SMILES string of the molecule is COc1cccc(-c2cccc(Br)c2)n1. The van der Waals surface area contributed by atoms with Crippen molar-refractivity contribution in [2.24, 2.45) is 0 Å². The van der Waals surface area contributed by atoms with Crippen LogP contribution in [0, 0.1) is 0 Å². The van der Waals surface area contributed by atoms with Gasteiger partial charge in [0.1, 0.15) is 0 Å². The van der Waals surface area contributed by atoms with Gasteiger partial charge in [-0.25, -0.2) is 4.98 Å². The van der Waals surface area contributed by atoms with Crippen LogP contribution < -0.4 is 4.74 Å². The molecule has 1 aromatic heterocycles. The van der Waals surface area contributed by atoms with Crippen LogP contribution in [0.15, 0.2) is 46.9 Å². The average molecular weight is 264 g/mol. The molecule has 0 aliphatic carbocycles. The standard InChI is InChI=1S/C12H10BrNO/c1-15-12-7-3-6-11(14-12)9-4-2-5-10(13)8-9/h2-8H,1H3. The fourth-order valence-electron chi connectivity index (χ4n) is 1.34. The first-order valence-corrected chi connectivity index (χ1v) is 5.36. The number of nitrogens with zero attached hydrogens (tertiary/aromatic N) is 1.